The zero-order valence-electron chi connectivity index (χ0n) is 17.8. The molecular formula is C25H20BrClN2O5. The second kappa shape index (κ2) is 10.3. The largest absolute Gasteiger partial charge is 0.481 e. The monoisotopic (exact) mass is 542 g/mol. The van der Waals surface area contributed by atoms with Gasteiger partial charge in [0.25, 0.3) is 0 Å². The maximum Gasteiger partial charge on any atom is 0.407 e. The van der Waals surface area contributed by atoms with Crippen LogP contribution < -0.4 is 10.6 Å². The van der Waals surface area contributed by atoms with E-state index in [0.29, 0.717) is 15.2 Å². The maximum atomic E-state index is 12.7. The Labute approximate surface area is 209 Å². The van der Waals surface area contributed by atoms with Gasteiger partial charge in [-0.05, 0) is 50.3 Å². The molecule has 3 aromatic rings. The van der Waals surface area contributed by atoms with Crippen molar-refractivity contribution in [2.45, 2.75) is 18.4 Å². The topological polar surface area (TPSA) is 105 Å². The van der Waals surface area contributed by atoms with Crippen LogP contribution in [0.15, 0.2) is 71.2 Å². The lowest BCUT2D eigenvalue weighted by Crippen LogP contribution is -2.45. The molecule has 9 heteroatoms. The molecule has 3 aromatic carbocycles. The lowest BCUT2D eigenvalue weighted by atomic mass is 9.98. The summed E-state index contributed by atoms with van der Waals surface area (Å²) in [6, 6.07) is 19.3. The van der Waals surface area contributed by atoms with E-state index in [2.05, 4.69) is 26.6 Å². The summed E-state index contributed by atoms with van der Waals surface area (Å²) in [7, 11) is 0. The third-order valence-corrected chi connectivity index (χ3v) is 6.94. The molecule has 0 aliphatic heterocycles. The Bertz CT molecular complexity index is 1220. The van der Waals surface area contributed by atoms with Crippen molar-refractivity contribution >= 4 is 51.2 Å². The molecule has 1 unspecified atom stereocenters. The van der Waals surface area contributed by atoms with E-state index < -0.39 is 30.4 Å². The van der Waals surface area contributed by atoms with E-state index in [9.17, 15) is 19.5 Å². The van der Waals surface area contributed by atoms with Crippen LogP contribution in [0.5, 0.6) is 0 Å². The van der Waals surface area contributed by atoms with Crippen LogP contribution in [0, 0.1) is 0 Å². The third-order valence-electron chi connectivity index (χ3n) is 5.54. The van der Waals surface area contributed by atoms with Gasteiger partial charge >= 0.3 is 12.1 Å². The Kier molecular flexibility index (Phi) is 7.19. The summed E-state index contributed by atoms with van der Waals surface area (Å²) in [6.45, 7) is 0.0428. The molecule has 2 amide bonds. The number of anilines is 1. The fourth-order valence-corrected chi connectivity index (χ4v) is 4.52. The van der Waals surface area contributed by atoms with E-state index in [1.165, 1.54) is 0 Å². The number of aliphatic carboxylic acids is 1. The minimum Gasteiger partial charge on any atom is -0.481 e. The van der Waals surface area contributed by atoms with Gasteiger partial charge in [0.15, 0.2) is 0 Å². The summed E-state index contributed by atoms with van der Waals surface area (Å²) in [6.07, 6.45) is -1.50. The lowest BCUT2D eigenvalue weighted by Gasteiger charge is -2.19. The number of fused-ring (bicyclic) bond motifs is 3. The summed E-state index contributed by atoms with van der Waals surface area (Å²) >= 11 is 9.31. The van der Waals surface area contributed by atoms with Gasteiger partial charge in [-0.2, -0.15) is 0 Å². The number of halogens is 2. The first kappa shape index (κ1) is 23.8. The van der Waals surface area contributed by atoms with Crippen molar-refractivity contribution in [3.8, 4) is 11.1 Å². The molecule has 3 N–H and O–H groups in total. The van der Waals surface area contributed by atoms with Crippen molar-refractivity contribution < 1.29 is 24.2 Å². The molecule has 1 atom stereocenters. The quantitative estimate of drug-likeness (QED) is 0.369. The van der Waals surface area contributed by atoms with Gasteiger partial charge in [-0.1, -0.05) is 66.2 Å². The molecule has 0 saturated heterocycles. The fraction of sp³-hybridized carbons (Fsp3) is 0.160. The number of rotatable bonds is 7. The molecule has 0 spiro atoms. The van der Waals surface area contributed by atoms with Crippen molar-refractivity contribution in [1.82, 2.24) is 5.32 Å². The van der Waals surface area contributed by atoms with E-state index in [-0.39, 0.29) is 12.5 Å². The Morgan fingerprint density at radius 3 is 2.21 bits per heavy atom. The normalized spacial score (nSPS) is 12.9. The number of hydrogen-bond acceptors (Lipinski definition) is 4. The van der Waals surface area contributed by atoms with Gasteiger partial charge in [0.05, 0.1) is 21.6 Å². The maximum absolute atomic E-state index is 12.7. The van der Waals surface area contributed by atoms with Crippen LogP contribution in [0.2, 0.25) is 5.02 Å². The van der Waals surface area contributed by atoms with Crippen molar-refractivity contribution in [3.63, 3.8) is 0 Å². The Morgan fingerprint density at radius 1 is 0.971 bits per heavy atom. The molecule has 0 fully saturated rings. The van der Waals surface area contributed by atoms with Gasteiger partial charge in [-0.15, -0.1) is 0 Å². The van der Waals surface area contributed by atoms with Gasteiger partial charge in [0, 0.05) is 5.92 Å². The van der Waals surface area contributed by atoms with Gasteiger partial charge in [-0.3, -0.25) is 9.59 Å². The first-order valence-electron chi connectivity index (χ1n) is 10.4. The highest BCUT2D eigenvalue weighted by Gasteiger charge is 2.30. The minimum absolute atomic E-state index is 0.0428. The molecule has 0 heterocycles. The highest BCUT2D eigenvalue weighted by Crippen LogP contribution is 2.44. The van der Waals surface area contributed by atoms with Crippen LogP contribution in [0.1, 0.15) is 23.5 Å². The number of hydrogen-bond donors (Lipinski definition) is 3. The summed E-state index contributed by atoms with van der Waals surface area (Å²) in [4.78, 5) is 36.6. The Balaban J connectivity index is 1.44. The van der Waals surface area contributed by atoms with Crippen LogP contribution in [0.3, 0.4) is 0 Å². The van der Waals surface area contributed by atoms with Crippen molar-refractivity contribution in [1.29, 1.82) is 0 Å². The molecule has 0 saturated carbocycles. The molecule has 174 valence electrons. The predicted octanol–water partition coefficient (Wildman–Crippen LogP) is 5.42. The summed E-state index contributed by atoms with van der Waals surface area (Å²) in [5.41, 5.74) is 4.61. The highest BCUT2D eigenvalue weighted by atomic mass is 79.9. The third kappa shape index (κ3) is 5.08. The minimum atomic E-state index is -1.35. The van der Waals surface area contributed by atoms with E-state index in [1.807, 2.05) is 48.5 Å². The Morgan fingerprint density at radius 2 is 1.59 bits per heavy atom. The Hall–Kier alpha value is -3.36. The molecule has 0 aromatic heterocycles. The second-order valence-electron chi connectivity index (χ2n) is 7.71. The number of carboxylic acids is 1. The van der Waals surface area contributed by atoms with E-state index in [1.54, 1.807) is 18.2 Å². The van der Waals surface area contributed by atoms with Crippen LogP contribution >= 0.6 is 27.5 Å². The lowest BCUT2D eigenvalue weighted by molar-refractivity contribution is -0.139. The average molecular weight is 544 g/mol. The smallest absolute Gasteiger partial charge is 0.407 e. The van der Waals surface area contributed by atoms with Crippen LogP contribution in [-0.2, 0) is 14.3 Å². The van der Waals surface area contributed by atoms with Crippen molar-refractivity contribution in [3.05, 3.63) is 87.4 Å². The van der Waals surface area contributed by atoms with Gasteiger partial charge in [0.2, 0.25) is 5.91 Å². The molecule has 1 aliphatic rings. The standard InChI is InChI=1S/C25H20BrClN2O5/c26-23-19(27)10-5-11-20(23)28-24(32)21(12-22(30)31)29-25(33)34-13-18-16-8-3-1-6-14(16)15-7-2-4-9-17(15)18/h1-11,18,21H,12-13H2,(H,28,32)(H,29,33)(H,30,31). The highest BCUT2D eigenvalue weighted by molar-refractivity contribution is 9.10. The van der Waals surface area contributed by atoms with Gasteiger partial charge in [0.1, 0.15) is 12.6 Å². The predicted molar refractivity (Wildman–Crippen MR) is 132 cm³/mol. The van der Waals surface area contributed by atoms with Gasteiger partial charge in [-0.25, -0.2) is 4.79 Å². The summed E-state index contributed by atoms with van der Waals surface area (Å²) in [5.74, 6) is -2.12. The zero-order valence-corrected chi connectivity index (χ0v) is 20.1. The number of ether oxygens (including phenoxy) is 1. The molecule has 0 bridgehead atoms. The molecular weight excluding hydrogens is 524 g/mol. The van der Waals surface area contributed by atoms with Crippen LogP contribution in [-0.4, -0.2) is 35.7 Å². The van der Waals surface area contributed by atoms with Crippen molar-refractivity contribution in [2.24, 2.45) is 0 Å². The van der Waals surface area contributed by atoms with Crippen molar-refractivity contribution in [2.75, 3.05) is 11.9 Å². The molecule has 7 nitrogen and oxygen atoms in total. The number of nitrogens with one attached hydrogen (secondary N) is 2. The number of carbonyl (C=O) groups excluding carboxylic acids is 2. The van der Waals surface area contributed by atoms with Crippen LogP contribution in [0.25, 0.3) is 11.1 Å². The number of carboxylic acid groups (broad SMARTS) is 1. The van der Waals surface area contributed by atoms with Crippen LogP contribution in [0.4, 0.5) is 10.5 Å². The number of benzene rings is 3. The molecule has 0 radical (unpaired) electrons. The number of carbonyl (C=O) groups is 3. The van der Waals surface area contributed by atoms with Gasteiger partial charge < -0.3 is 20.5 Å². The molecule has 34 heavy (non-hydrogen) atoms. The SMILES string of the molecule is O=C(O)CC(NC(=O)OCC1c2ccccc2-c2ccccc21)C(=O)Nc1cccc(Cl)c1Br. The fourth-order valence-electron chi connectivity index (χ4n) is 3.99. The summed E-state index contributed by atoms with van der Waals surface area (Å²) < 4.78 is 5.89. The number of amides is 2. The summed E-state index contributed by atoms with van der Waals surface area (Å²) in [5, 5.41) is 14.6. The van der Waals surface area contributed by atoms with E-state index in [4.69, 9.17) is 16.3 Å². The second-order valence-corrected chi connectivity index (χ2v) is 8.91. The van der Waals surface area contributed by atoms with E-state index in [0.717, 1.165) is 22.3 Å². The number of alkyl carbamates (subject to hydrolysis) is 1. The first-order valence-corrected chi connectivity index (χ1v) is 11.6. The van der Waals surface area contributed by atoms with E-state index >= 15 is 0 Å². The first-order chi connectivity index (χ1) is 16.3. The molecule has 4 rings (SSSR count). The zero-order chi connectivity index (χ0) is 24.2. The average Bonchev–Trinajstić information content (AvgIpc) is 3.14. The molecule has 1 aliphatic carbocycles.